The molecule has 5 heteroatoms. The Balaban J connectivity index is 1.78. The van der Waals surface area contributed by atoms with Gasteiger partial charge in [0.15, 0.2) is 5.58 Å². The summed E-state index contributed by atoms with van der Waals surface area (Å²) in [5.41, 5.74) is 13.0. The fourth-order valence-corrected chi connectivity index (χ4v) is 4.14. The number of aromatic nitrogens is 1. The van der Waals surface area contributed by atoms with Gasteiger partial charge in [-0.3, -0.25) is 0 Å². The predicted octanol–water partition coefficient (Wildman–Crippen LogP) is 6.13. The first-order chi connectivity index (χ1) is 12.5. The third-order valence-electron chi connectivity index (χ3n) is 4.81. The zero-order valence-electron chi connectivity index (χ0n) is 15.3. The Hall–Kier alpha value is -2.66. The monoisotopic (exact) mass is 363 g/mol. The van der Waals surface area contributed by atoms with Gasteiger partial charge in [0.25, 0.3) is 0 Å². The summed E-state index contributed by atoms with van der Waals surface area (Å²) < 4.78 is 5.87. The molecule has 4 nitrogen and oxygen atoms in total. The van der Waals surface area contributed by atoms with Crippen LogP contribution in [0, 0.1) is 0 Å². The van der Waals surface area contributed by atoms with Crippen molar-refractivity contribution in [1.29, 1.82) is 0 Å². The second kappa shape index (κ2) is 6.25. The third-order valence-corrected chi connectivity index (χ3v) is 6.02. The fraction of sp³-hybridized carbons (Fsp3) is 0.190. The number of rotatable bonds is 2. The molecule has 2 N–H and O–H groups in total. The predicted molar refractivity (Wildman–Crippen MR) is 111 cm³/mol. The number of fused-ring (bicyclic) bond motifs is 1. The first-order valence-corrected chi connectivity index (χ1v) is 9.36. The standard InChI is InChI=1S/C21H21N3OS/c1-12-14(3)26-15(4)13(2)24(12)16-9-10-17(18(22)11-16)21-23-19-7-5-6-8-20(19)25-21/h5-11H,22H2,1-4H3. The number of nitrogen functional groups attached to an aromatic ring is 1. The number of nitrogens with two attached hydrogens (primary N) is 1. The Morgan fingerprint density at radius 1 is 0.962 bits per heavy atom. The molecule has 0 saturated heterocycles. The average Bonchev–Trinajstić information content (AvgIpc) is 3.04. The van der Waals surface area contributed by atoms with Crippen molar-refractivity contribution in [2.45, 2.75) is 27.7 Å². The molecule has 0 aliphatic carbocycles. The Bertz CT molecular complexity index is 1020. The van der Waals surface area contributed by atoms with Crippen molar-refractivity contribution < 1.29 is 4.42 Å². The maximum absolute atomic E-state index is 6.38. The summed E-state index contributed by atoms with van der Waals surface area (Å²) in [5.74, 6) is 0.552. The van der Waals surface area contributed by atoms with Crippen LogP contribution >= 0.6 is 11.8 Å². The average molecular weight is 363 g/mol. The van der Waals surface area contributed by atoms with Gasteiger partial charge in [-0.15, -0.1) is 0 Å². The lowest BCUT2D eigenvalue weighted by molar-refractivity contribution is 0.620. The number of oxazole rings is 1. The molecule has 132 valence electrons. The van der Waals surface area contributed by atoms with E-state index in [0.717, 1.165) is 22.4 Å². The van der Waals surface area contributed by atoms with Gasteiger partial charge >= 0.3 is 0 Å². The molecule has 0 unspecified atom stereocenters. The normalized spacial score (nSPS) is 15.3. The molecule has 0 radical (unpaired) electrons. The Kier molecular flexibility index (Phi) is 4.04. The highest BCUT2D eigenvalue weighted by molar-refractivity contribution is 8.06. The van der Waals surface area contributed by atoms with Crippen LogP contribution in [0.25, 0.3) is 22.6 Å². The number of hydrogen-bond acceptors (Lipinski definition) is 5. The van der Waals surface area contributed by atoms with Crippen LogP contribution in [-0.2, 0) is 0 Å². The van der Waals surface area contributed by atoms with Gasteiger partial charge in [0.1, 0.15) is 5.52 Å². The largest absolute Gasteiger partial charge is 0.436 e. The Morgan fingerprint density at radius 3 is 2.31 bits per heavy atom. The van der Waals surface area contributed by atoms with E-state index in [2.05, 4.69) is 43.6 Å². The van der Waals surface area contributed by atoms with E-state index in [9.17, 15) is 0 Å². The Labute approximate surface area is 157 Å². The van der Waals surface area contributed by atoms with E-state index in [4.69, 9.17) is 10.2 Å². The van der Waals surface area contributed by atoms with E-state index in [1.165, 1.54) is 21.2 Å². The van der Waals surface area contributed by atoms with Crippen molar-refractivity contribution in [2.75, 3.05) is 10.6 Å². The van der Waals surface area contributed by atoms with E-state index < -0.39 is 0 Å². The number of benzene rings is 2. The summed E-state index contributed by atoms with van der Waals surface area (Å²) in [5, 5.41) is 0. The lowest BCUT2D eigenvalue weighted by Gasteiger charge is -2.33. The molecule has 26 heavy (non-hydrogen) atoms. The van der Waals surface area contributed by atoms with Crippen LogP contribution < -0.4 is 10.6 Å². The van der Waals surface area contributed by atoms with Gasteiger partial charge in [0, 0.05) is 32.6 Å². The van der Waals surface area contributed by atoms with Crippen molar-refractivity contribution in [2.24, 2.45) is 0 Å². The van der Waals surface area contributed by atoms with Crippen LogP contribution in [0.1, 0.15) is 27.7 Å². The van der Waals surface area contributed by atoms with Crippen LogP contribution in [-0.4, -0.2) is 4.98 Å². The molecule has 0 fully saturated rings. The zero-order valence-corrected chi connectivity index (χ0v) is 16.1. The van der Waals surface area contributed by atoms with E-state index in [-0.39, 0.29) is 0 Å². The molecule has 3 aromatic rings. The summed E-state index contributed by atoms with van der Waals surface area (Å²) in [4.78, 5) is 9.42. The first-order valence-electron chi connectivity index (χ1n) is 8.54. The van der Waals surface area contributed by atoms with Gasteiger partial charge in [-0.25, -0.2) is 4.98 Å². The molecule has 1 aliphatic heterocycles. The summed E-state index contributed by atoms with van der Waals surface area (Å²) in [6.07, 6.45) is 0. The summed E-state index contributed by atoms with van der Waals surface area (Å²) in [6, 6.07) is 13.8. The van der Waals surface area contributed by atoms with E-state index >= 15 is 0 Å². The third kappa shape index (κ3) is 2.69. The number of nitrogens with zero attached hydrogens (tertiary/aromatic N) is 2. The van der Waals surface area contributed by atoms with Gasteiger partial charge in [-0.05, 0) is 58.0 Å². The van der Waals surface area contributed by atoms with Gasteiger partial charge in [0.05, 0.1) is 5.56 Å². The molecule has 4 rings (SSSR count). The second-order valence-corrected chi connectivity index (χ2v) is 7.91. The minimum Gasteiger partial charge on any atom is -0.436 e. The van der Waals surface area contributed by atoms with Crippen LogP contribution in [0.2, 0.25) is 0 Å². The van der Waals surface area contributed by atoms with Crippen molar-refractivity contribution >= 4 is 34.2 Å². The van der Waals surface area contributed by atoms with Crippen molar-refractivity contribution in [3.63, 3.8) is 0 Å². The topological polar surface area (TPSA) is 55.3 Å². The quantitative estimate of drug-likeness (QED) is 0.555. The summed E-state index contributed by atoms with van der Waals surface area (Å²) in [7, 11) is 0. The zero-order chi connectivity index (χ0) is 18.4. The molecule has 1 aromatic heterocycles. The van der Waals surface area contributed by atoms with Crippen LogP contribution in [0.3, 0.4) is 0 Å². The highest BCUT2D eigenvalue weighted by atomic mass is 32.2. The van der Waals surface area contributed by atoms with Crippen molar-refractivity contribution in [3.05, 3.63) is 63.7 Å². The van der Waals surface area contributed by atoms with Crippen LogP contribution in [0.4, 0.5) is 11.4 Å². The summed E-state index contributed by atoms with van der Waals surface area (Å²) >= 11 is 1.82. The maximum Gasteiger partial charge on any atom is 0.229 e. The lowest BCUT2D eigenvalue weighted by Crippen LogP contribution is -2.23. The lowest BCUT2D eigenvalue weighted by atomic mass is 10.1. The van der Waals surface area contributed by atoms with E-state index in [1.54, 1.807) is 0 Å². The molecule has 0 amide bonds. The molecule has 0 spiro atoms. The van der Waals surface area contributed by atoms with Crippen molar-refractivity contribution in [1.82, 2.24) is 4.98 Å². The molecule has 0 atom stereocenters. The number of anilines is 2. The number of para-hydroxylation sites is 2. The SMILES string of the molecule is CC1=C(C)N(c2ccc(-c3nc4ccccc4o3)c(N)c2)C(C)=C(C)S1. The highest BCUT2D eigenvalue weighted by Gasteiger charge is 2.22. The minimum absolute atomic E-state index is 0.552. The van der Waals surface area contributed by atoms with Gasteiger partial charge in [-0.2, -0.15) is 0 Å². The molecule has 2 heterocycles. The molecule has 0 saturated carbocycles. The highest BCUT2D eigenvalue weighted by Crippen LogP contribution is 2.42. The summed E-state index contributed by atoms with van der Waals surface area (Å²) in [6.45, 7) is 8.59. The number of thioether (sulfide) groups is 1. The smallest absolute Gasteiger partial charge is 0.229 e. The van der Waals surface area contributed by atoms with Crippen molar-refractivity contribution in [3.8, 4) is 11.5 Å². The molecule has 0 bridgehead atoms. The molecular weight excluding hydrogens is 342 g/mol. The first kappa shape index (κ1) is 16.8. The van der Waals surface area contributed by atoms with Crippen LogP contribution in [0.5, 0.6) is 0 Å². The van der Waals surface area contributed by atoms with Crippen LogP contribution in [0.15, 0.2) is 68.1 Å². The molecule has 1 aliphatic rings. The molecular formula is C21H21N3OS. The van der Waals surface area contributed by atoms with Gasteiger partial charge in [-0.1, -0.05) is 23.9 Å². The van der Waals surface area contributed by atoms with Gasteiger partial charge < -0.3 is 15.1 Å². The second-order valence-electron chi connectivity index (χ2n) is 6.48. The van der Waals surface area contributed by atoms with Gasteiger partial charge in [0.2, 0.25) is 5.89 Å². The van der Waals surface area contributed by atoms with E-state index in [1.807, 2.05) is 48.2 Å². The minimum atomic E-state index is 0.552. The van der Waals surface area contributed by atoms with E-state index in [0.29, 0.717) is 11.6 Å². The Morgan fingerprint density at radius 2 is 1.65 bits per heavy atom. The number of hydrogen-bond donors (Lipinski definition) is 1. The molecule has 2 aromatic carbocycles. The fourth-order valence-electron chi connectivity index (χ4n) is 3.20. The maximum atomic E-state index is 6.38. The number of allylic oxidation sites excluding steroid dienone is 4.